The standard InChI is InChI=1S/C27H26N2O2/c1-2-23(30)11-12-24(31)16-19-10-13-26-22(15-19)17-25(20-7-4-3-5-8-20)27(29-26)21-9-6-14-28-18-21/h3-10,13-15,17-18,23,30H,2,11-12,16H2,1H3. The van der Waals surface area contributed by atoms with E-state index >= 15 is 0 Å². The van der Waals surface area contributed by atoms with Crippen molar-refractivity contribution in [1.29, 1.82) is 0 Å². The number of hydrogen-bond acceptors (Lipinski definition) is 4. The van der Waals surface area contributed by atoms with E-state index in [1.165, 1.54) is 0 Å². The highest BCUT2D eigenvalue weighted by Crippen LogP contribution is 2.33. The Bertz CT molecular complexity index is 1170. The molecule has 0 fully saturated rings. The second kappa shape index (κ2) is 9.63. The number of carbonyl (C=O) groups is 1. The van der Waals surface area contributed by atoms with Gasteiger partial charge in [-0.3, -0.25) is 9.78 Å². The number of aliphatic hydroxyl groups is 1. The van der Waals surface area contributed by atoms with E-state index in [0.717, 1.165) is 38.9 Å². The van der Waals surface area contributed by atoms with Crippen molar-refractivity contribution in [2.24, 2.45) is 0 Å². The number of pyridine rings is 2. The van der Waals surface area contributed by atoms with Crippen LogP contribution in [0.5, 0.6) is 0 Å². The second-order valence-corrected chi connectivity index (χ2v) is 7.84. The molecule has 0 spiro atoms. The Kier molecular flexibility index (Phi) is 6.48. The van der Waals surface area contributed by atoms with Gasteiger partial charge in [0.1, 0.15) is 5.78 Å². The summed E-state index contributed by atoms with van der Waals surface area (Å²) >= 11 is 0. The highest BCUT2D eigenvalue weighted by Gasteiger charge is 2.13. The van der Waals surface area contributed by atoms with E-state index in [2.05, 4.69) is 29.2 Å². The van der Waals surface area contributed by atoms with Crippen LogP contribution in [0.1, 0.15) is 31.7 Å². The highest BCUT2D eigenvalue weighted by molar-refractivity contribution is 5.92. The maximum absolute atomic E-state index is 12.4. The van der Waals surface area contributed by atoms with Crippen LogP contribution in [0.2, 0.25) is 0 Å². The van der Waals surface area contributed by atoms with Crippen LogP contribution in [0.3, 0.4) is 0 Å². The summed E-state index contributed by atoms with van der Waals surface area (Å²) in [5, 5.41) is 10.7. The molecule has 4 heteroatoms. The molecule has 4 nitrogen and oxygen atoms in total. The van der Waals surface area contributed by atoms with Crippen molar-refractivity contribution >= 4 is 16.7 Å². The maximum Gasteiger partial charge on any atom is 0.137 e. The molecule has 0 bridgehead atoms. The average molecular weight is 411 g/mol. The maximum atomic E-state index is 12.4. The molecule has 0 aliphatic heterocycles. The lowest BCUT2D eigenvalue weighted by Crippen LogP contribution is -2.10. The summed E-state index contributed by atoms with van der Waals surface area (Å²) < 4.78 is 0. The van der Waals surface area contributed by atoms with Gasteiger partial charge in [0.15, 0.2) is 0 Å². The largest absolute Gasteiger partial charge is 0.393 e. The van der Waals surface area contributed by atoms with E-state index in [1.807, 2.05) is 55.6 Å². The van der Waals surface area contributed by atoms with Gasteiger partial charge in [0.05, 0.1) is 17.3 Å². The number of Topliss-reactive ketones (excluding diaryl/α,β-unsaturated/α-hetero) is 1. The van der Waals surface area contributed by atoms with E-state index in [0.29, 0.717) is 25.7 Å². The number of benzene rings is 2. The van der Waals surface area contributed by atoms with Gasteiger partial charge in [-0.05, 0) is 54.3 Å². The van der Waals surface area contributed by atoms with E-state index in [1.54, 1.807) is 6.20 Å². The Morgan fingerprint density at radius 3 is 2.55 bits per heavy atom. The number of fused-ring (bicyclic) bond motifs is 1. The van der Waals surface area contributed by atoms with Crippen molar-refractivity contribution in [3.8, 4) is 22.4 Å². The molecule has 2 heterocycles. The van der Waals surface area contributed by atoms with Crippen LogP contribution in [0.25, 0.3) is 33.3 Å². The van der Waals surface area contributed by atoms with Crippen molar-refractivity contribution in [2.75, 3.05) is 0 Å². The predicted octanol–water partition coefficient (Wildman–Crippen LogP) is 5.63. The average Bonchev–Trinajstić information content (AvgIpc) is 2.82. The van der Waals surface area contributed by atoms with E-state index in [9.17, 15) is 9.90 Å². The summed E-state index contributed by atoms with van der Waals surface area (Å²) in [5.41, 5.74) is 5.84. The van der Waals surface area contributed by atoms with Gasteiger partial charge in [-0.2, -0.15) is 0 Å². The Morgan fingerprint density at radius 2 is 1.81 bits per heavy atom. The first-order chi connectivity index (χ1) is 15.1. The van der Waals surface area contributed by atoms with Gasteiger partial charge in [-0.15, -0.1) is 0 Å². The molecule has 4 rings (SSSR count). The molecule has 0 saturated carbocycles. The summed E-state index contributed by atoms with van der Waals surface area (Å²) in [6.07, 6.45) is 5.17. The zero-order valence-corrected chi connectivity index (χ0v) is 17.7. The summed E-state index contributed by atoms with van der Waals surface area (Å²) in [6.45, 7) is 1.93. The molecule has 1 N–H and O–H groups in total. The Labute approximate surface area is 182 Å². The van der Waals surface area contributed by atoms with Crippen molar-refractivity contribution in [1.82, 2.24) is 9.97 Å². The Morgan fingerprint density at radius 1 is 1.00 bits per heavy atom. The molecule has 31 heavy (non-hydrogen) atoms. The van der Waals surface area contributed by atoms with Crippen LogP contribution in [0.15, 0.2) is 79.1 Å². The van der Waals surface area contributed by atoms with Crippen LogP contribution < -0.4 is 0 Å². The number of nitrogens with zero attached hydrogens (tertiary/aromatic N) is 2. The SMILES string of the molecule is CCC(O)CCC(=O)Cc1ccc2nc(-c3cccnc3)c(-c3ccccc3)cc2c1. The summed E-state index contributed by atoms with van der Waals surface area (Å²) in [5.74, 6) is 0.148. The first-order valence-corrected chi connectivity index (χ1v) is 10.7. The molecule has 0 amide bonds. The first kappa shape index (κ1) is 20.9. The molecule has 0 aliphatic rings. The fourth-order valence-electron chi connectivity index (χ4n) is 3.74. The summed E-state index contributed by atoms with van der Waals surface area (Å²) in [7, 11) is 0. The van der Waals surface area contributed by atoms with Crippen LogP contribution >= 0.6 is 0 Å². The van der Waals surface area contributed by atoms with Crippen molar-refractivity contribution in [3.05, 3.63) is 84.7 Å². The smallest absolute Gasteiger partial charge is 0.137 e. The van der Waals surface area contributed by atoms with Gasteiger partial charge in [0.2, 0.25) is 0 Å². The second-order valence-electron chi connectivity index (χ2n) is 7.84. The lowest BCUT2D eigenvalue weighted by molar-refractivity contribution is -0.119. The fourth-order valence-corrected chi connectivity index (χ4v) is 3.74. The Hall–Kier alpha value is -3.37. The van der Waals surface area contributed by atoms with Gasteiger partial charge >= 0.3 is 0 Å². The van der Waals surface area contributed by atoms with E-state index in [-0.39, 0.29) is 5.78 Å². The van der Waals surface area contributed by atoms with Gasteiger partial charge in [-0.1, -0.05) is 43.3 Å². The van der Waals surface area contributed by atoms with Crippen molar-refractivity contribution < 1.29 is 9.90 Å². The Balaban J connectivity index is 1.70. The molecule has 0 saturated heterocycles. The summed E-state index contributed by atoms with van der Waals surface area (Å²) in [6, 6.07) is 22.3. The minimum absolute atomic E-state index is 0.148. The molecular formula is C27H26N2O2. The summed E-state index contributed by atoms with van der Waals surface area (Å²) in [4.78, 5) is 21.6. The molecule has 4 aromatic rings. The van der Waals surface area contributed by atoms with Crippen molar-refractivity contribution in [2.45, 2.75) is 38.7 Å². The van der Waals surface area contributed by atoms with Crippen LogP contribution in [0.4, 0.5) is 0 Å². The lowest BCUT2D eigenvalue weighted by atomic mass is 9.96. The molecule has 0 radical (unpaired) electrons. The fraction of sp³-hybridized carbons (Fsp3) is 0.222. The monoisotopic (exact) mass is 410 g/mol. The molecule has 1 unspecified atom stereocenters. The van der Waals surface area contributed by atoms with Crippen molar-refractivity contribution in [3.63, 3.8) is 0 Å². The number of aromatic nitrogens is 2. The van der Waals surface area contributed by atoms with Gasteiger partial charge in [0, 0.05) is 41.7 Å². The lowest BCUT2D eigenvalue weighted by Gasteiger charge is -2.12. The molecule has 0 aliphatic carbocycles. The molecule has 2 aromatic heterocycles. The van der Waals surface area contributed by atoms with Crippen LogP contribution in [0, 0.1) is 0 Å². The van der Waals surface area contributed by atoms with E-state index < -0.39 is 6.10 Å². The normalized spacial score (nSPS) is 12.1. The number of rotatable bonds is 8. The third-order valence-corrected chi connectivity index (χ3v) is 5.53. The topological polar surface area (TPSA) is 63.1 Å². The van der Waals surface area contributed by atoms with E-state index in [4.69, 9.17) is 4.98 Å². The highest BCUT2D eigenvalue weighted by atomic mass is 16.3. The third kappa shape index (κ3) is 5.04. The molecule has 156 valence electrons. The molecule has 1 atom stereocenters. The van der Waals surface area contributed by atoms with Gasteiger partial charge < -0.3 is 5.11 Å². The quantitative estimate of drug-likeness (QED) is 0.409. The first-order valence-electron chi connectivity index (χ1n) is 10.7. The zero-order valence-electron chi connectivity index (χ0n) is 17.7. The third-order valence-electron chi connectivity index (χ3n) is 5.53. The van der Waals surface area contributed by atoms with Crippen LogP contribution in [-0.4, -0.2) is 27.0 Å². The number of carbonyl (C=O) groups excluding carboxylic acids is 1. The van der Waals surface area contributed by atoms with Crippen LogP contribution in [-0.2, 0) is 11.2 Å². The number of aliphatic hydroxyl groups excluding tert-OH is 1. The number of hydrogen-bond donors (Lipinski definition) is 1. The minimum atomic E-state index is -0.399. The molecule has 2 aromatic carbocycles. The van der Waals surface area contributed by atoms with Gasteiger partial charge in [-0.25, -0.2) is 4.98 Å². The zero-order chi connectivity index (χ0) is 21.6. The molecular weight excluding hydrogens is 384 g/mol. The minimum Gasteiger partial charge on any atom is -0.393 e. The predicted molar refractivity (Wildman–Crippen MR) is 125 cm³/mol. The number of ketones is 1. The van der Waals surface area contributed by atoms with Gasteiger partial charge in [0.25, 0.3) is 0 Å².